The van der Waals surface area contributed by atoms with Crippen molar-refractivity contribution in [3.05, 3.63) is 29.9 Å². The molecule has 1 saturated carbocycles. The van der Waals surface area contributed by atoms with E-state index in [4.69, 9.17) is 10.3 Å². The standard InChI is InChI=1S/C12H12FN3O3S/c13-9-5-7(12-15-11(6-14)19-16-12)1-4-10(9)20(17,18)8-2-3-8/h1,4-5,8H,2-3,6,14H2. The van der Waals surface area contributed by atoms with Crippen LogP contribution in [0.25, 0.3) is 11.4 Å². The van der Waals surface area contributed by atoms with Gasteiger partial charge in [0.15, 0.2) is 9.84 Å². The summed E-state index contributed by atoms with van der Waals surface area (Å²) in [5.41, 5.74) is 5.69. The van der Waals surface area contributed by atoms with Crippen LogP contribution in [-0.2, 0) is 16.4 Å². The number of benzene rings is 1. The first-order valence-corrected chi connectivity index (χ1v) is 7.63. The molecule has 0 spiro atoms. The van der Waals surface area contributed by atoms with Gasteiger partial charge in [-0.15, -0.1) is 0 Å². The van der Waals surface area contributed by atoms with Crippen molar-refractivity contribution in [2.75, 3.05) is 0 Å². The lowest BCUT2D eigenvalue weighted by Crippen LogP contribution is -2.09. The van der Waals surface area contributed by atoms with E-state index in [-0.39, 0.29) is 23.2 Å². The van der Waals surface area contributed by atoms with Crippen LogP contribution in [0.5, 0.6) is 0 Å². The van der Waals surface area contributed by atoms with Gasteiger partial charge in [0.2, 0.25) is 11.7 Å². The number of aromatic nitrogens is 2. The molecule has 0 atom stereocenters. The molecule has 1 heterocycles. The fraction of sp³-hybridized carbons (Fsp3) is 0.333. The van der Waals surface area contributed by atoms with Crippen molar-refractivity contribution in [2.45, 2.75) is 29.5 Å². The van der Waals surface area contributed by atoms with E-state index in [2.05, 4.69) is 10.1 Å². The van der Waals surface area contributed by atoms with Crippen LogP contribution in [0.1, 0.15) is 18.7 Å². The summed E-state index contributed by atoms with van der Waals surface area (Å²) >= 11 is 0. The Bertz CT molecular complexity index is 753. The molecule has 1 aliphatic rings. The molecule has 6 nitrogen and oxygen atoms in total. The first-order chi connectivity index (χ1) is 9.52. The molecule has 0 saturated heterocycles. The number of hydrogen-bond acceptors (Lipinski definition) is 6. The van der Waals surface area contributed by atoms with Gasteiger partial charge >= 0.3 is 0 Å². The van der Waals surface area contributed by atoms with Crippen molar-refractivity contribution in [3.63, 3.8) is 0 Å². The lowest BCUT2D eigenvalue weighted by atomic mass is 10.2. The third-order valence-corrected chi connectivity index (χ3v) is 5.40. The molecule has 0 bridgehead atoms. The molecule has 2 aromatic rings. The van der Waals surface area contributed by atoms with Crippen LogP contribution < -0.4 is 5.73 Å². The van der Waals surface area contributed by atoms with Gasteiger partial charge < -0.3 is 10.3 Å². The second kappa shape index (κ2) is 4.64. The number of rotatable bonds is 4. The van der Waals surface area contributed by atoms with Crippen LogP contribution in [-0.4, -0.2) is 23.8 Å². The quantitative estimate of drug-likeness (QED) is 0.912. The molecule has 20 heavy (non-hydrogen) atoms. The summed E-state index contributed by atoms with van der Waals surface area (Å²) in [4.78, 5) is 3.69. The normalized spacial score (nSPS) is 15.5. The van der Waals surface area contributed by atoms with Gasteiger partial charge in [-0.1, -0.05) is 5.16 Å². The second-order valence-electron chi connectivity index (χ2n) is 4.61. The molecular formula is C12H12FN3O3S. The van der Waals surface area contributed by atoms with Gasteiger partial charge in [0.1, 0.15) is 10.7 Å². The first kappa shape index (κ1) is 13.2. The minimum absolute atomic E-state index is 0.0869. The molecule has 3 rings (SSSR count). The van der Waals surface area contributed by atoms with Gasteiger partial charge in [-0.05, 0) is 31.0 Å². The van der Waals surface area contributed by atoms with Crippen molar-refractivity contribution in [1.82, 2.24) is 10.1 Å². The Morgan fingerprint density at radius 2 is 2.15 bits per heavy atom. The lowest BCUT2D eigenvalue weighted by Gasteiger charge is -2.05. The van der Waals surface area contributed by atoms with Gasteiger partial charge in [-0.3, -0.25) is 0 Å². The van der Waals surface area contributed by atoms with Crippen molar-refractivity contribution in [3.8, 4) is 11.4 Å². The second-order valence-corrected chi connectivity index (χ2v) is 6.80. The van der Waals surface area contributed by atoms with E-state index in [0.717, 1.165) is 6.07 Å². The Morgan fingerprint density at radius 1 is 1.40 bits per heavy atom. The van der Waals surface area contributed by atoms with Gasteiger partial charge in [0.05, 0.1) is 11.8 Å². The minimum atomic E-state index is -3.55. The minimum Gasteiger partial charge on any atom is -0.338 e. The maximum atomic E-state index is 14.0. The predicted molar refractivity (Wildman–Crippen MR) is 67.8 cm³/mol. The molecule has 0 unspecified atom stereocenters. The highest BCUT2D eigenvalue weighted by molar-refractivity contribution is 7.92. The summed E-state index contributed by atoms with van der Waals surface area (Å²) in [6.45, 7) is 0.0869. The summed E-state index contributed by atoms with van der Waals surface area (Å²) in [7, 11) is -3.55. The Labute approximate surface area is 114 Å². The number of sulfone groups is 1. The SMILES string of the molecule is NCc1nc(-c2ccc(S(=O)(=O)C3CC3)c(F)c2)no1. The van der Waals surface area contributed by atoms with Crippen LogP contribution in [0.15, 0.2) is 27.6 Å². The molecule has 2 N–H and O–H groups in total. The van der Waals surface area contributed by atoms with E-state index in [1.165, 1.54) is 12.1 Å². The van der Waals surface area contributed by atoms with Gasteiger partial charge in [0.25, 0.3) is 0 Å². The molecule has 8 heteroatoms. The van der Waals surface area contributed by atoms with E-state index in [1.807, 2.05) is 0 Å². The van der Waals surface area contributed by atoms with Gasteiger partial charge in [0, 0.05) is 5.56 Å². The third kappa shape index (κ3) is 2.20. The Hall–Kier alpha value is -1.80. The Balaban J connectivity index is 1.99. The summed E-state index contributed by atoms with van der Waals surface area (Å²) in [6, 6.07) is 3.81. The molecule has 106 valence electrons. The fourth-order valence-electron chi connectivity index (χ4n) is 1.88. The topological polar surface area (TPSA) is 99.1 Å². The molecule has 1 aromatic heterocycles. The molecule has 0 amide bonds. The number of nitrogens with two attached hydrogens (primary N) is 1. The van der Waals surface area contributed by atoms with Crippen LogP contribution in [0.3, 0.4) is 0 Å². The monoisotopic (exact) mass is 297 g/mol. The summed E-state index contributed by atoms with van der Waals surface area (Å²) in [5.74, 6) is -0.386. The highest BCUT2D eigenvalue weighted by Crippen LogP contribution is 2.35. The van der Waals surface area contributed by atoms with E-state index >= 15 is 0 Å². The van der Waals surface area contributed by atoms with Crippen LogP contribution in [0, 0.1) is 5.82 Å². The largest absolute Gasteiger partial charge is 0.338 e. The summed E-state index contributed by atoms with van der Waals surface area (Å²) in [6.07, 6.45) is 1.18. The average Bonchev–Trinajstić information content (AvgIpc) is 3.17. The van der Waals surface area contributed by atoms with E-state index in [9.17, 15) is 12.8 Å². The molecule has 1 fully saturated rings. The molecule has 0 radical (unpaired) electrons. The van der Waals surface area contributed by atoms with Crippen molar-refractivity contribution >= 4 is 9.84 Å². The van der Waals surface area contributed by atoms with E-state index < -0.39 is 20.9 Å². The number of nitrogens with zero attached hydrogens (tertiary/aromatic N) is 2. The zero-order valence-electron chi connectivity index (χ0n) is 10.4. The van der Waals surface area contributed by atoms with Crippen LogP contribution in [0.2, 0.25) is 0 Å². The zero-order chi connectivity index (χ0) is 14.3. The summed E-state index contributed by atoms with van der Waals surface area (Å²) in [5, 5.41) is 3.21. The number of hydrogen-bond donors (Lipinski definition) is 1. The fourth-order valence-corrected chi connectivity index (χ4v) is 3.59. The summed E-state index contributed by atoms with van der Waals surface area (Å²) < 4.78 is 42.9. The number of halogens is 1. The van der Waals surface area contributed by atoms with Crippen molar-refractivity contribution in [1.29, 1.82) is 0 Å². The highest BCUT2D eigenvalue weighted by Gasteiger charge is 2.38. The maximum absolute atomic E-state index is 14.0. The Kier molecular flexibility index (Phi) is 3.06. The van der Waals surface area contributed by atoms with E-state index in [1.54, 1.807) is 0 Å². The van der Waals surface area contributed by atoms with Crippen molar-refractivity contribution < 1.29 is 17.3 Å². The predicted octanol–water partition coefficient (Wildman–Crippen LogP) is 1.27. The third-order valence-electron chi connectivity index (χ3n) is 3.10. The van der Waals surface area contributed by atoms with Gasteiger partial charge in [-0.2, -0.15) is 4.98 Å². The molecular weight excluding hydrogens is 285 g/mol. The molecule has 1 aromatic carbocycles. The Morgan fingerprint density at radius 3 is 2.70 bits per heavy atom. The van der Waals surface area contributed by atoms with Gasteiger partial charge in [-0.25, -0.2) is 12.8 Å². The molecule has 1 aliphatic carbocycles. The van der Waals surface area contributed by atoms with E-state index in [0.29, 0.717) is 18.4 Å². The highest BCUT2D eigenvalue weighted by atomic mass is 32.2. The zero-order valence-corrected chi connectivity index (χ0v) is 11.2. The van der Waals surface area contributed by atoms with Crippen LogP contribution >= 0.6 is 0 Å². The average molecular weight is 297 g/mol. The first-order valence-electron chi connectivity index (χ1n) is 6.09. The van der Waals surface area contributed by atoms with Crippen LogP contribution in [0.4, 0.5) is 4.39 Å². The van der Waals surface area contributed by atoms with Crippen molar-refractivity contribution in [2.24, 2.45) is 5.73 Å². The molecule has 0 aliphatic heterocycles. The lowest BCUT2D eigenvalue weighted by molar-refractivity contribution is 0.380. The smallest absolute Gasteiger partial charge is 0.240 e. The maximum Gasteiger partial charge on any atom is 0.240 e.